The first-order valence-electron chi connectivity index (χ1n) is 10.8. The van der Waals surface area contributed by atoms with E-state index in [2.05, 4.69) is 0 Å². The number of carbonyl (C=O) groups is 2. The summed E-state index contributed by atoms with van der Waals surface area (Å²) in [6, 6.07) is 24.9. The number of aromatic carboxylic acids is 1. The average Bonchev–Trinajstić information content (AvgIpc) is 2.88. The molecule has 1 N–H and O–H groups in total. The van der Waals surface area contributed by atoms with Crippen molar-refractivity contribution < 1.29 is 19.1 Å². The van der Waals surface area contributed by atoms with Gasteiger partial charge in [0.25, 0.3) is 0 Å². The summed E-state index contributed by atoms with van der Waals surface area (Å²) in [5, 5.41) is 10.2. The van der Waals surface area contributed by atoms with Gasteiger partial charge in [0.2, 0.25) is 0 Å². The molecular formula is C28H22ClFN2O3. The van der Waals surface area contributed by atoms with Gasteiger partial charge in [-0.2, -0.15) is 0 Å². The van der Waals surface area contributed by atoms with Gasteiger partial charge in [-0.15, -0.1) is 0 Å². The third kappa shape index (κ3) is 5.18. The van der Waals surface area contributed by atoms with Crippen LogP contribution in [0, 0.1) is 5.82 Å². The van der Waals surface area contributed by atoms with Gasteiger partial charge in [-0.05, 0) is 78.9 Å². The second-order valence-corrected chi connectivity index (χ2v) is 8.43. The van der Waals surface area contributed by atoms with Crippen molar-refractivity contribution in [1.29, 1.82) is 0 Å². The molecule has 0 amide bonds. The summed E-state index contributed by atoms with van der Waals surface area (Å²) in [6.45, 7) is 0. The molecule has 0 spiro atoms. The fraction of sp³-hybridized carbons (Fsp3) is 0.0714. The number of rotatable bonds is 7. The highest BCUT2D eigenvalue weighted by Gasteiger charge is 2.18. The van der Waals surface area contributed by atoms with E-state index in [4.69, 9.17) is 11.6 Å². The monoisotopic (exact) mass is 488 g/mol. The molecule has 0 aromatic heterocycles. The van der Waals surface area contributed by atoms with Gasteiger partial charge in [0.1, 0.15) is 5.82 Å². The second-order valence-electron chi connectivity index (χ2n) is 8.00. The molecule has 7 heteroatoms. The molecular weight excluding hydrogens is 467 g/mol. The molecule has 4 aromatic rings. The standard InChI is InChI=1S/C28H22ClFN2O3/c1-31(23-13-9-21(29)10-14-23)22-11-7-18(8-12-22)27(33)19-15-20(28(34)35)17-24(16-19)32(2)26-6-4-3-5-25(26)30/h3-17H,1-2H3,(H,34,35). The lowest BCUT2D eigenvalue weighted by Crippen LogP contribution is -2.14. The van der Waals surface area contributed by atoms with Crippen LogP contribution in [0.25, 0.3) is 0 Å². The van der Waals surface area contributed by atoms with Crippen molar-refractivity contribution >= 4 is 46.1 Å². The second kappa shape index (κ2) is 9.99. The first-order valence-corrected chi connectivity index (χ1v) is 11.1. The summed E-state index contributed by atoms with van der Waals surface area (Å²) in [6.07, 6.45) is 0. The summed E-state index contributed by atoms with van der Waals surface area (Å²) in [4.78, 5) is 28.5. The Morgan fingerprint density at radius 1 is 0.714 bits per heavy atom. The van der Waals surface area contributed by atoms with E-state index in [0.717, 1.165) is 11.4 Å². The molecule has 0 aliphatic rings. The smallest absolute Gasteiger partial charge is 0.335 e. The number of anilines is 4. The maximum Gasteiger partial charge on any atom is 0.335 e. The number of ketones is 1. The number of nitrogens with zero attached hydrogens (tertiary/aromatic N) is 2. The zero-order chi connectivity index (χ0) is 25.1. The van der Waals surface area contributed by atoms with Gasteiger partial charge in [0.05, 0.1) is 11.3 Å². The van der Waals surface area contributed by atoms with E-state index in [1.807, 2.05) is 36.2 Å². The lowest BCUT2D eigenvalue weighted by Gasteiger charge is -2.21. The van der Waals surface area contributed by atoms with Gasteiger partial charge in [0.15, 0.2) is 5.78 Å². The normalized spacial score (nSPS) is 10.6. The van der Waals surface area contributed by atoms with Crippen LogP contribution < -0.4 is 9.80 Å². The highest BCUT2D eigenvalue weighted by atomic mass is 35.5. The largest absolute Gasteiger partial charge is 0.478 e. The maximum absolute atomic E-state index is 14.3. The van der Waals surface area contributed by atoms with Crippen LogP contribution in [0.4, 0.5) is 27.1 Å². The molecule has 0 saturated carbocycles. The number of halogens is 2. The lowest BCUT2D eigenvalue weighted by atomic mass is 9.99. The van der Waals surface area contributed by atoms with Crippen LogP contribution in [0.1, 0.15) is 26.3 Å². The third-order valence-electron chi connectivity index (χ3n) is 5.76. The third-order valence-corrected chi connectivity index (χ3v) is 6.01. The molecule has 0 aliphatic carbocycles. The van der Waals surface area contributed by atoms with Crippen molar-refractivity contribution in [1.82, 2.24) is 0 Å². The molecule has 0 unspecified atom stereocenters. The molecule has 35 heavy (non-hydrogen) atoms. The maximum atomic E-state index is 14.3. The van der Waals surface area contributed by atoms with E-state index in [0.29, 0.717) is 16.3 Å². The molecule has 0 fully saturated rings. The molecule has 0 saturated heterocycles. The predicted octanol–water partition coefficient (Wildman–Crippen LogP) is 6.94. The first kappa shape index (κ1) is 24.0. The Balaban J connectivity index is 1.65. The molecule has 176 valence electrons. The molecule has 4 aromatic carbocycles. The van der Waals surface area contributed by atoms with Crippen LogP contribution in [0.5, 0.6) is 0 Å². The Hall–Kier alpha value is -4.16. The van der Waals surface area contributed by atoms with Crippen molar-refractivity contribution in [2.45, 2.75) is 0 Å². The van der Waals surface area contributed by atoms with E-state index in [9.17, 15) is 19.1 Å². The van der Waals surface area contributed by atoms with Crippen molar-refractivity contribution in [3.63, 3.8) is 0 Å². The zero-order valence-electron chi connectivity index (χ0n) is 19.1. The highest BCUT2D eigenvalue weighted by Crippen LogP contribution is 2.30. The molecule has 0 radical (unpaired) electrons. The van der Waals surface area contributed by atoms with Crippen LogP contribution >= 0.6 is 11.6 Å². The Morgan fingerprint density at radius 2 is 1.29 bits per heavy atom. The van der Waals surface area contributed by atoms with E-state index < -0.39 is 11.8 Å². The van der Waals surface area contributed by atoms with Gasteiger partial charge in [-0.1, -0.05) is 23.7 Å². The Bertz CT molecular complexity index is 1390. The minimum atomic E-state index is -1.18. The van der Waals surface area contributed by atoms with Crippen LogP contribution in [0.2, 0.25) is 5.02 Å². The van der Waals surface area contributed by atoms with E-state index in [1.54, 1.807) is 55.6 Å². The van der Waals surface area contributed by atoms with Crippen molar-refractivity contribution in [3.05, 3.63) is 119 Å². The van der Waals surface area contributed by atoms with E-state index in [-0.39, 0.29) is 22.6 Å². The number of para-hydroxylation sites is 1. The van der Waals surface area contributed by atoms with Gasteiger partial charge in [-0.3, -0.25) is 4.79 Å². The summed E-state index contributed by atoms with van der Waals surface area (Å²) >= 11 is 5.97. The highest BCUT2D eigenvalue weighted by molar-refractivity contribution is 6.30. The fourth-order valence-corrected chi connectivity index (χ4v) is 3.87. The Labute approximate surface area is 207 Å². The Kier molecular flexibility index (Phi) is 6.85. The number of carboxylic acid groups (broad SMARTS) is 1. The zero-order valence-corrected chi connectivity index (χ0v) is 19.8. The molecule has 0 atom stereocenters. The van der Waals surface area contributed by atoms with Crippen LogP contribution in [-0.4, -0.2) is 31.0 Å². The number of carbonyl (C=O) groups excluding carboxylic acids is 1. The molecule has 5 nitrogen and oxygen atoms in total. The predicted molar refractivity (Wildman–Crippen MR) is 137 cm³/mol. The van der Waals surface area contributed by atoms with Gasteiger partial charge < -0.3 is 14.9 Å². The minimum Gasteiger partial charge on any atom is -0.478 e. The van der Waals surface area contributed by atoms with Crippen LogP contribution in [0.3, 0.4) is 0 Å². The summed E-state index contributed by atoms with van der Waals surface area (Å²) < 4.78 is 14.3. The van der Waals surface area contributed by atoms with E-state index in [1.165, 1.54) is 23.1 Å². The summed E-state index contributed by atoms with van der Waals surface area (Å²) in [5.41, 5.74) is 2.99. The van der Waals surface area contributed by atoms with Crippen LogP contribution in [-0.2, 0) is 0 Å². The minimum absolute atomic E-state index is 0.0619. The number of hydrogen-bond donors (Lipinski definition) is 1. The van der Waals surface area contributed by atoms with Crippen molar-refractivity contribution in [3.8, 4) is 0 Å². The first-order chi connectivity index (χ1) is 16.7. The van der Waals surface area contributed by atoms with Gasteiger partial charge in [-0.25, -0.2) is 9.18 Å². The Morgan fingerprint density at radius 3 is 1.89 bits per heavy atom. The lowest BCUT2D eigenvalue weighted by molar-refractivity contribution is 0.0697. The average molecular weight is 489 g/mol. The quantitative estimate of drug-likeness (QED) is 0.285. The fourth-order valence-electron chi connectivity index (χ4n) is 3.74. The molecule has 0 heterocycles. The SMILES string of the molecule is CN(c1ccc(Cl)cc1)c1ccc(C(=O)c2cc(C(=O)O)cc(N(C)c3ccccc3F)c2)cc1. The molecule has 4 rings (SSSR count). The number of benzene rings is 4. The molecule has 0 bridgehead atoms. The van der Waals surface area contributed by atoms with Crippen LogP contribution in [0.15, 0.2) is 91.0 Å². The topological polar surface area (TPSA) is 60.9 Å². The summed E-state index contributed by atoms with van der Waals surface area (Å²) in [5.74, 6) is -1.97. The number of hydrogen-bond acceptors (Lipinski definition) is 4. The van der Waals surface area contributed by atoms with Crippen molar-refractivity contribution in [2.75, 3.05) is 23.9 Å². The van der Waals surface area contributed by atoms with Gasteiger partial charge in [0, 0.05) is 47.3 Å². The number of carboxylic acids is 1. The van der Waals surface area contributed by atoms with E-state index >= 15 is 0 Å². The van der Waals surface area contributed by atoms with Gasteiger partial charge >= 0.3 is 5.97 Å². The van der Waals surface area contributed by atoms with Crippen molar-refractivity contribution in [2.24, 2.45) is 0 Å². The molecule has 0 aliphatic heterocycles. The summed E-state index contributed by atoms with van der Waals surface area (Å²) in [7, 11) is 3.52.